The van der Waals surface area contributed by atoms with Gasteiger partial charge in [0, 0.05) is 144 Å². The monoisotopic (exact) mass is 1930 g/mol. The number of anilines is 4. The first-order valence-electron chi connectivity index (χ1n) is 50.5. The number of nitriles is 8. The average Bonchev–Trinajstić information content (AvgIpc) is 1.60. The minimum Gasteiger partial charge on any atom is -0.496 e. The first-order chi connectivity index (χ1) is 68.9. The Labute approximate surface area is 856 Å². The van der Waals surface area contributed by atoms with Gasteiger partial charge in [-0.05, 0) is 182 Å². The van der Waals surface area contributed by atoms with E-state index in [0.29, 0.717) is 67.6 Å². The van der Waals surface area contributed by atoms with Crippen molar-refractivity contribution in [1.82, 2.24) is 0 Å². The number of rotatable bonds is 46. The van der Waals surface area contributed by atoms with E-state index < -0.39 is 22.4 Å². The van der Waals surface area contributed by atoms with Gasteiger partial charge in [0.05, 0.1) is 75.0 Å². The maximum absolute atomic E-state index is 10.0. The third kappa shape index (κ3) is 33.2. The number of methoxy groups -OCH3 is 4. The Balaban J connectivity index is 0.000000292. The molecule has 0 spiro atoms. The van der Waals surface area contributed by atoms with Crippen molar-refractivity contribution in [2.45, 2.75) is 257 Å². The van der Waals surface area contributed by atoms with Crippen LogP contribution in [0.3, 0.4) is 0 Å². The molecule has 1 atom stereocenters. The quantitative estimate of drug-likeness (QED) is 0.0258. The van der Waals surface area contributed by atoms with Gasteiger partial charge in [-0.2, -0.15) is 42.1 Å². The number of nitrogens with zero attached hydrogens (tertiary/aromatic N) is 12. The second-order valence-corrected chi connectivity index (χ2v) is 36.9. The van der Waals surface area contributed by atoms with Crippen LogP contribution in [0, 0.1) is 90.6 Å². The summed E-state index contributed by atoms with van der Waals surface area (Å²) in [4.78, 5) is 9.77. The largest absolute Gasteiger partial charge is 0.496 e. The highest BCUT2D eigenvalue weighted by Gasteiger charge is 2.44. The first-order valence-corrected chi connectivity index (χ1v) is 50.5. The summed E-state index contributed by atoms with van der Waals surface area (Å²) in [6.07, 6.45) is 53.5. The number of benzene rings is 5. The Morgan fingerprint density at radius 2 is 0.490 bits per heavy atom. The molecule has 0 fully saturated rings. The molecule has 752 valence electrons. The summed E-state index contributed by atoms with van der Waals surface area (Å²) < 4.78 is 46.8. The smallest absolute Gasteiger partial charge is 0.158 e. The fourth-order valence-electron chi connectivity index (χ4n) is 16.6. The summed E-state index contributed by atoms with van der Waals surface area (Å²) in [5, 5.41) is 76.1. The van der Waals surface area contributed by atoms with Crippen molar-refractivity contribution in [2.24, 2.45) is 0 Å². The van der Waals surface area contributed by atoms with Gasteiger partial charge < -0.3 is 57.5 Å². The molecular weight excluding hydrogens is 1770 g/mol. The lowest BCUT2D eigenvalue weighted by molar-refractivity contribution is 0.0749. The average molecular weight is 1930 g/mol. The normalized spacial score (nSPS) is 16.9. The van der Waals surface area contributed by atoms with Gasteiger partial charge in [0.25, 0.3) is 0 Å². The van der Waals surface area contributed by atoms with Gasteiger partial charge in [-0.1, -0.05) is 246 Å². The fraction of sp³-hybridized carbons (Fsp3) is 0.415. The molecule has 143 heavy (non-hydrogen) atoms. The number of hydrogen-bond donors (Lipinski definition) is 0. The lowest BCUT2D eigenvalue weighted by Gasteiger charge is -2.27. The lowest BCUT2D eigenvalue weighted by Crippen LogP contribution is -2.25. The predicted octanol–water partition coefficient (Wildman–Crippen LogP) is 30.1. The van der Waals surface area contributed by atoms with Crippen molar-refractivity contribution >= 4 is 47.1 Å². The highest BCUT2D eigenvalue weighted by Crippen LogP contribution is 2.48. The van der Waals surface area contributed by atoms with Crippen LogP contribution in [-0.2, 0) is 24.5 Å². The first kappa shape index (κ1) is 117. The van der Waals surface area contributed by atoms with Crippen LogP contribution < -0.4 is 38.5 Å². The van der Waals surface area contributed by atoms with E-state index >= 15 is 0 Å². The van der Waals surface area contributed by atoms with E-state index in [4.69, 9.17) is 37.9 Å². The fourth-order valence-corrected chi connectivity index (χ4v) is 16.6. The number of allylic oxidation sites excluding steroid dienone is 18. The van der Waals surface area contributed by atoms with E-state index in [1.54, 1.807) is 56.1 Å². The summed E-state index contributed by atoms with van der Waals surface area (Å²) in [6.45, 7) is 46.1. The van der Waals surface area contributed by atoms with Crippen LogP contribution in [0.25, 0.3) is 24.3 Å². The molecule has 4 aliphatic heterocycles. The van der Waals surface area contributed by atoms with Crippen LogP contribution in [0.2, 0.25) is 0 Å². The maximum atomic E-state index is 10.0. The lowest BCUT2D eigenvalue weighted by atomic mass is 9.86. The molecule has 0 radical (unpaired) electrons. The second-order valence-electron chi connectivity index (χ2n) is 36.9. The van der Waals surface area contributed by atoms with Crippen molar-refractivity contribution in [3.8, 4) is 71.6 Å². The minimum absolute atomic E-state index is 0.336. The molecule has 4 heterocycles. The van der Waals surface area contributed by atoms with Crippen molar-refractivity contribution in [2.75, 3.05) is 100 Å². The molecule has 5 aromatic rings. The Hall–Kier alpha value is -14.8. The Morgan fingerprint density at radius 3 is 0.713 bits per heavy atom. The van der Waals surface area contributed by atoms with Gasteiger partial charge in [0.1, 0.15) is 86.4 Å². The van der Waals surface area contributed by atoms with E-state index in [1.807, 2.05) is 188 Å². The molecule has 5 aromatic carbocycles. The van der Waals surface area contributed by atoms with Crippen LogP contribution in [0.4, 0.5) is 22.7 Å². The molecule has 0 amide bonds. The summed E-state index contributed by atoms with van der Waals surface area (Å²) in [6, 6.07) is 52.5. The Kier molecular flexibility index (Phi) is 49.3. The zero-order chi connectivity index (χ0) is 105. The molecule has 0 N–H and O–H groups in total. The third-order valence-corrected chi connectivity index (χ3v) is 25.0. The van der Waals surface area contributed by atoms with E-state index in [2.05, 4.69) is 196 Å². The molecule has 0 aromatic heterocycles. The van der Waals surface area contributed by atoms with Gasteiger partial charge in [-0.25, -0.2) is 0 Å². The van der Waals surface area contributed by atoms with Crippen molar-refractivity contribution < 1.29 is 37.9 Å². The van der Waals surface area contributed by atoms with E-state index in [0.717, 1.165) is 138 Å². The molecule has 0 bridgehead atoms. The van der Waals surface area contributed by atoms with Crippen molar-refractivity contribution in [1.29, 1.82) is 42.1 Å². The van der Waals surface area contributed by atoms with Crippen LogP contribution in [-0.4, -0.2) is 97.6 Å². The standard InChI is InChI=1S/C34H39N3O2.C31H39N3O2.2C29H37N3O2/c1-6-8-21-37(22-9-7-2)29-20-19-27(32(23-29)38-5)15-13-14-18-31-30(25-36)33(26(3)24-35)39-34(31,4)28-16-11-10-12-17-28;1-7-9-19-34(20-10-8-2)26-18-17-25(29(21-26)35-6)15-13-11-12-14-16-28-27(23-33)30(24(3)22-32)36-31(28,4)5;2*1-7-9-17-32(18-10-8-2)24-16-15-23(27(19-24)33-6)13-11-12-14-26-25(21-31)28(22(3)20-30)34-29(26,4)5/h10-20,23H,6-9,21-22H2,1-5H3;11-18,21H,7-10,19-20H2,1-6H3;2*11-16,19H,7-10,17-18H2,1-6H3/b15-13+,18-14+,33-26-;12-11+,15-13+,16-14+,30-24-;2*13-11+,14-12+,28-22-. The topological polar surface area (TPSA) is 277 Å². The summed E-state index contributed by atoms with van der Waals surface area (Å²) >= 11 is 0. The second kappa shape index (κ2) is 60.4. The number of hydrogen-bond acceptors (Lipinski definition) is 20. The van der Waals surface area contributed by atoms with Crippen molar-refractivity contribution in [3.63, 3.8) is 0 Å². The van der Waals surface area contributed by atoms with Crippen LogP contribution >= 0.6 is 0 Å². The Morgan fingerprint density at radius 1 is 0.280 bits per heavy atom. The number of unbranched alkanes of at least 4 members (excludes halogenated alkanes) is 8. The predicted molar refractivity (Wildman–Crippen MR) is 586 cm³/mol. The van der Waals surface area contributed by atoms with Gasteiger partial charge in [0.15, 0.2) is 28.6 Å². The summed E-state index contributed by atoms with van der Waals surface area (Å²) in [5.41, 5.74) is 12.9. The van der Waals surface area contributed by atoms with E-state index in [-0.39, 0.29) is 0 Å². The summed E-state index contributed by atoms with van der Waals surface area (Å²) in [7, 11) is 6.80. The molecule has 1 unspecified atom stereocenters. The zero-order valence-electron chi connectivity index (χ0n) is 89.3. The summed E-state index contributed by atoms with van der Waals surface area (Å²) in [5.74, 6) is 4.77. The van der Waals surface area contributed by atoms with Gasteiger partial charge >= 0.3 is 0 Å². The van der Waals surface area contributed by atoms with E-state index in [1.165, 1.54) is 113 Å². The SMILES string of the molecule is CCCCN(CCCC)c1ccc(/C=C/C=C/C2=C(C#N)C(=C(\C)C#N)/OC2(C)C)c(OC)c1.CCCCN(CCCC)c1ccc(/C=C/C=C/C2=C(C#N)C(=C(\C)C#N)/OC2(C)C)c(OC)c1.CCCCN(CCCC)c1ccc(/C=C/C=C/C2=C(C#N)C(=C(\C)C#N)/OC2(C)c2ccccc2)c(OC)c1.CCCCN(CCCC)c1ccc(/C=C/C=C/C=C/C2=C(C#N)C(=C(\C)C#N)/OC2(C)C)c(OC)c1. The molecule has 20 nitrogen and oxygen atoms in total. The molecule has 20 heteroatoms. The van der Waals surface area contributed by atoms with E-state index in [9.17, 15) is 42.1 Å². The van der Waals surface area contributed by atoms with Gasteiger partial charge in [-0.3, -0.25) is 0 Å². The minimum atomic E-state index is -0.885. The highest BCUT2D eigenvalue weighted by atomic mass is 16.5. The number of ether oxygens (including phenoxy) is 8. The van der Waals surface area contributed by atoms with Crippen LogP contribution in [0.15, 0.2) is 278 Å². The third-order valence-electron chi connectivity index (χ3n) is 25.0. The molecule has 0 aliphatic carbocycles. The van der Waals surface area contributed by atoms with Crippen molar-refractivity contribution in [3.05, 3.63) is 306 Å². The molecule has 0 saturated heterocycles. The van der Waals surface area contributed by atoms with Crippen LogP contribution in [0.5, 0.6) is 23.0 Å². The van der Waals surface area contributed by atoms with Gasteiger partial charge in [0.2, 0.25) is 0 Å². The van der Waals surface area contributed by atoms with Gasteiger partial charge in [-0.15, -0.1) is 0 Å². The maximum Gasteiger partial charge on any atom is 0.158 e. The highest BCUT2D eigenvalue weighted by molar-refractivity contribution is 5.71. The molecule has 9 rings (SSSR count). The zero-order valence-corrected chi connectivity index (χ0v) is 89.3. The van der Waals surface area contributed by atoms with Crippen LogP contribution in [0.1, 0.15) is 262 Å². The molecular formula is C123H152N12O8. The molecule has 4 aliphatic rings. The molecule has 0 saturated carbocycles. The Bertz CT molecular complexity index is 5860.